The molecule has 9 heteroatoms. The molecule has 25 heavy (non-hydrogen) atoms. The second-order valence-corrected chi connectivity index (χ2v) is 6.57. The maximum Gasteiger partial charge on any atom is 0.240 e. The van der Waals surface area contributed by atoms with Crippen molar-refractivity contribution >= 4 is 45.6 Å². The molecule has 0 aliphatic heterocycles. The van der Waals surface area contributed by atoms with E-state index >= 15 is 0 Å². The molecule has 2 rings (SSSR count). The lowest BCUT2D eigenvalue weighted by Crippen LogP contribution is -2.28. The van der Waals surface area contributed by atoms with Crippen molar-refractivity contribution < 1.29 is 13.2 Å². The third-order valence-electron chi connectivity index (χ3n) is 3.11. The molecule has 2 aromatic carbocycles. The van der Waals surface area contributed by atoms with Gasteiger partial charge >= 0.3 is 0 Å². The first-order chi connectivity index (χ1) is 11.5. The zero-order chi connectivity index (χ0) is 17.4. The third-order valence-corrected chi connectivity index (χ3v) is 4.59. The number of anilines is 1. The topological polar surface area (TPSA) is 106 Å². The van der Waals surface area contributed by atoms with E-state index in [1.54, 1.807) is 37.4 Å². The van der Waals surface area contributed by atoms with Gasteiger partial charge in [0.05, 0.1) is 24.2 Å². The largest absolute Gasteiger partial charge is 0.495 e. The highest BCUT2D eigenvalue weighted by molar-refractivity contribution is 14.0. The van der Waals surface area contributed by atoms with Gasteiger partial charge in [-0.25, -0.2) is 13.1 Å². The summed E-state index contributed by atoms with van der Waals surface area (Å²) in [6.07, 6.45) is 0. The molecule has 0 atom stereocenters. The Morgan fingerprint density at radius 2 is 1.76 bits per heavy atom. The van der Waals surface area contributed by atoms with Crippen LogP contribution in [-0.2, 0) is 10.0 Å². The number of nitrogens with zero attached hydrogens (tertiary/aromatic N) is 1. The fourth-order valence-corrected chi connectivity index (χ4v) is 3.01. The second-order valence-electron chi connectivity index (χ2n) is 4.80. The van der Waals surface area contributed by atoms with Gasteiger partial charge in [-0.3, -0.25) is 4.99 Å². The maximum absolute atomic E-state index is 12.0. The van der Waals surface area contributed by atoms with Crippen molar-refractivity contribution in [2.45, 2.75) is 4.90 Å². The standard InChI is InChI=1S/C16H20N4O3S.HI/c1-23-15-10-6-5-9-14(15)20-16(17)18-11-12-19-24(21,22)13-7-3-2-4-8-13;/h2-10,19H,11-12H2,1H3,(H3,17,18,20);1H. The van der Waals surface area contributed by atoms with E-state index in [1.165, 1.54) is 12.1 Å². The molecule has 0 aliphatic carbocycles. The first kappa shape index (κ1) is 21.2. The molecule has 0 fully saturated rings. The Balaban J connectivity index is 0.00000312. The zero-order valence-corrected chi connectivity index (χ0v) is 16.8. The molecule has 0 heterocycles. The number of aliphatic imine (C=N–C) groups is 1. The predicted octanol–water partition coefficient (Wildman–Crippen LogP) is 2.02. The van der Waals surface area contributed by atoms with Crippen LogP contribution in [0.25, 0.3) is 0 Å². The number of sulfonamides is 1. The highest BCUT2D eigenvalue weighted by atomic mass is 127. The van der Waals surface area contributed by atoms with E-state index in [0.717, 1.165) is 0 Å². The molecule has 0 spiro atoms. The van der Waals surface area contributed by atoms with Crippen LogP contribution < -0.4 is 20.5 Å². The van der Waals surface area contributed by atoms with Crippen LogP contribution in [0.1, 0.15) is 0 Å². The van der Waals surface area contributed by atoms with Crippen molar-refractivity contribution in [1.82, 2.24) is 4.72 Å². The Kier molecular flexibility index (Phi) is 8.66. The molecule has 7 nitrogen and oxygen atoms in total. The summed E-state index contributed by atoms with van der Waals surface area (Å²) in [4.78, 5) is 4.31. The van der Waals surface area contributed by atoms with Gasteiger partial charge in [-0.15, -0.1) is 24.0 Å². The molecular weight excluding hydrogens is 455 g/mol. The van der Waals surface area contributed by atoms with Crippen molar-refractivity contribution in [1.29, 1.82) is 0 Å². The molecule has 0 amide bonds. The number of benzene rings is 2. The van der Waals surface area contributed by atoms with Crippen molar-refractivity contribution in [3.05, 3.63) is 54.6 Å². The van der Waals surface area contributed by atoms with Gasteiger partial charge in [0.15, 0.2) is 5.96 Å². The lowest BCUT2D eigenvalue weighted by molar-refractivity contribution is 0.417. The summed E-state index contributed by atoms with van der Waals surface area (Å²) in [5.41, 5.74) is 6.48. The van der Waals surface area contributed by atoms with Crippen molar-refractivity contribution in [2.24, 2.45) is 10.7 Å². The highest BCUT2D eigenvalue weighted by Crippen LogP contribution is 2.22. The number of halogens is 1. The summed E-state index contributed by atoms with van der Waals surface area (Å²) >= 11 is 0. The number of ether oxygens (including phenoxy) is 1. The molecule has 2 aromatic rings. The molecule has 0 aliphatic rings. The lowest BCUT2D eigenvalue weighted by Gasteiger charge is -2.10. The van der Waals surface area contributed by atoms with E-state index in [4.69, 9.17) is 10.5 Å². The zero-order valence-electron chi connectivity index (χ0n) is 13.7. The SMILES string of the molecule is COc1ccccc1NC(N)=NCCNS(=O)(=O)c1ccccc1.I. The van der Waals surface area contributed by atoms with Gasteiger partial charge in [0.2, 0.25) is 10.0 Å². The van der Waals surface area contributed by atoms with Gasteiger partial charge in [-0.1, -0.05) is 30.3 Å². The van der Waals surface area contributed by atoms with E-state index in [-0.39, 0.29) is 47.9 Å². The average Bonchev–Trinajstić information content (AvgIpc) is 2.60. The number of rotatable bonds is 7. The van der Waals surface area contributed by atoms with Crippen molar-refractivity contribution in [3.63, 3.8) is 0 Å². The Morgan fingerprint density at radius 1 is 1.12 bits per heavy atom. The van der Waals surface area contributed by atoms with Crippen LogP contribution in [0.4, 0.5) is 5.69 Å². The number of nitrogens with two attached hydrogens (primary N) is 1. The fraction of sp³-hybridized carbons (Fsp3) is 0.188. The van der Waals surface area contributed by atoms with Gasteiger partial charge in [-0.05, 0) is 24.3 Å². The van der Waals surface area contributed by atoms with Gasteiger partial charge in [0, 0.05) is 6.54 Å². The van der Waals surface area contributed by atoms with E-state index in [1.807, 2.05) is 12.1 Å². The van der Waals surface area contributed by atoms with Crippen LogP contribution in [0.5, 0.6) is 5.75 Å². The molecule has 4 N–H and O–H groups in total. The normalized spacial score (nSPS) is 11.5. The summed E-state index contributed by atoms with van der Waals surface area (Å²) in [7, 11) is -1.97. The van der Waals surface area contributed by atoms with E-state index in [0.29, 0.717) is 11.4 Å². The quantitative estimate of drug-likeness (QED) is 0.246. The van der Waals surface area contributed by atoms with E-state index in [9.17, 15) is 8.42 Å². The van der Waals surface area contributed by atoms with Gasteiger partial charge in [0.1, 0.15) is 5.75 Å². The third kappa shape index (κ3) is 6.52. The van der Waals surface area contributed by atoms with Crippen LogP contribution in [0.2, 0.25) is 0 Å². The first-order valence-corrected chi connectivity index (χ1v) is 8.76. The summed E-state index contributed by atoms with van der Waals surface area (Å²) in [5, 5.41) is 2.92. The Bertz CT molecular complexity index is 798. The number of nitrogens with one attached hydrogen (secondary N) is 2. The Hall–Kier alpha value is -1.85. The average molecular weight is 476 g/mol. The molecule has 0 saturated heterocycles. The Labute approximate surface area is 164 Å². The lowest BCUT2D eigenvalue weighted by atomic mass is 10.3. The Morgan fingerprint density at radius 3 is 2.44 bits per heavy atom. The monoisotopic (exact) mass is 476 g/mol. The summed E-state index contributed by atoms with van der Waals surface area (Å²) in [6, 6.07) is 15.4. The van der Waals surface area contributed by atoms with Crippen LogP contribution in [-0.4, -0.2) is 34.6 Å². The number of para-hydroxylation sites is 2. The van der Waals surface area contributed by atoms with E-state index in [2.05, 4.69) is 15.0 Å². The number of hydrogen-bond donors (Lipinski definition) is 3. The molecule has 0 radical (unpaired) electrons. The number of methoxy groups -OCH3 is 1. The number of hydrogen-bond acceptors (Lipinski definition) is 4. The molecule has 136 valence electrons. The van der Waals surface area contributed by atoms with Gasteiger partial charge in [0.25, 0.3) is 0 Å². The van der Waals surface area contributed by atoms with Crippen LogP contribution in [0.3, 0.4) is 0 Å². The van der Waals surface area contributed by atoms with Crippen LogP contribution in [0, 0.1) is 0 Å². The van der Waals surface area contributed by atoms with Gasteiger partial charge in [-0.2, -0.15) is 0 Å². The second kappa shape index (κ2) is 10.2. The minimum Gasteiger partial charge on any atom is -0.495 e. The smallest absolute Gasteiger partial charge is 0.240 e. The summed E-state index contributed by atoms with van der Waals surface area (Å²) < 4.78 is 31.7. The van der Waals surface area contributed by atoms with Crippen molar-refractivity contribution in [3.8, 4) is 5.75 Å². The highest BCUT2D eigenvalue weighted by Gasteiger charge is 2.11. The van der Waals surface area contributed by atoms with Crippen LogP contribution in [0.15, 0.2) is 64.5 Å². The number of guanidine groups is 1. The van der Waals surface area contributed by atoms with Gasteiger partial charge < -0.3 is 15.8 Å². The van der Waals surface area contributed by atoms with E-state index < -0.39 is 10.0 Å². The molecule has 0 aromatic heterocycles. The molecule has 0 unspecified atom stereocenters. The summed E-state index contributed by atoms with van der Waals surface area (Å²) in [6.45, 7) is 0.353. The molecule has 0 saturated carbocycles. The predicted molar refractivity (Wildman–Crippen MR) is 110 cm³/mol. The fourth-order valence-electron chi connectivity index (χ4n) is 1.96. The molecular formula is C16H21IN4O3S. The summed E-state index contributed by atoms with van der Waals surface area (Å²) in [5.74, 6) is 0.818. The first-order valence-electron chi connectivity index (χ1n) is 7.27. The maximum atomic E-state index is 12.0. The minimum atomic E-state index is -3.53. The molecule has 0 bridgehead atoms. The van der Waals surface area contributed by atoms with Crippen LogP contribution >= 0.6 is 24.0 Å². The minimum absolute atomic E-state index is 0. The van der Waals surface area contributed by atoms with Crippen molar-refractivity contribution in [2.75, 3.05) is 25.5 Å².